The van der Waals surface area contributed by atoms with Gasteiger partial charge in [-0.1, -0.05) is 30.3 Å². The average molecular weight is 362 g/mol. The molecule has 1 amide bonds. The van der Waals surface area contributed by atoms with Crippen molar-refractivity contribution in [3.8, 4) is 0 Å². The van der Waals surface area contributed by atoms with Gasteiger partial charge in [0.05, 0.1) is 11.5 Å². The molecule has 0 radical (unpaired) electrons. The van der Waals surface area contributed by atoms with Gasteiger partial charge >= 0.3 is 0 Å². The number of hydrogen-bond acceptors (Lipinski definition) is 4. The van der Waals surface area contributed by atoms with Gasteiger partial charge in [0.1, 0.15) is 0 Å². The van der Waals surface area contributed by atoms with E-state index in [0.29, 0.717) is 5.56 Å². The van der Waals surface area contributed by atoms with Gasteiger partial charge in [-0.2, -0.15) is 0 Å². The van der Waals surface area contributed by atoms with Crippen LogP contribution in [0.25, 0.3) is 0 Å². The first-order valence-electron chi connectivity index (χ1n) is 7.73. The van der Waals surface area contributed by atoms with E-state index >= 15 is 0 Å². The van der Waals surface area contributed by atoms with Crippen LogP contribution >= 0.6 is 0 Å². The summed E-state index contributed by atoms with van der Waals surface area (Å²) in [6.45, 7) is 3.71. The predicted molar refractivity (Wildman–Crippen MR) is 95.5 cm³/mol. The lowest BCUT2D eigenvalue weighted by Gasteiger charge is -2.16. The van der Waals surface area contributed by atoms with E-state index in [9.17, 15) is 13.2 Å². The number of rotatable bonds is 6. The van der Waals surface area contributed by atoms with Gasteiger partial charge in [0.2, 0.25) is 10.0 Å². The monoisotopic (exact) mass is 362 g/mol. The Morgan fingerprint density at radius 3 is 2.36 bits per heavy atom. The summed E-state index contributed by atoms with van der Waals surface area (Å²) in [5.74, 6) is -0.491. The zero-order chi connectivity index (χ0) is 18.6. The molecule has 0 fully saturated rings. The Labute approximate surface area is 148 Å². The van der Waals surface area contributed by atoms with Crippen LogP contribution in [0.15, 0.2) is 47.4 Å². The van der Waals surface area contributed by atoms with Gasteiger partial charge in [-0.25, -0.2) is 18.2 Å². The molecule has 0 aromatic heterocycles. The van der Waals surface area contributed by atoms with Crippen molar-refractivity contribution >= 4 is 15.9 Å². The van der Waals surface area contributed by atoms with E-state index in [-0.39, 0.29) is 17.1 Å². The molecule has 0 bridgehead atoms. The molecule has 2 aromatic rings. The number of benzene rings is 2. The summed E-state index contributed by atoms with van der Waals surface area (Å²) in [5.41, 5.74) is 4.84. The number of amides is 1. The van der Waals surface area contributed by atoms with E-state index in [1.807, 2.05) is 30.3 Å². The number of hydroxylamine groups is 1. The number of carbonyl (C=O) groups excluding carboxylic acids is 1. The van der Waals surface area contributed by atoms with Gasteiger partial charge in [0, 0.05) is 19.7 Å². The zero-order valence-corrected chi connectivity index (χ0v) is 15.6. The fraction of sp³-hybridized carbons (Fsp3) is 0.278. The Balaban J connectivity index is 2.19. The second-order valence-corrected chi connectivity index (χ2v) is 8.03. The van der Waals surface area contributed by atoms with Crippen molar-refractivity contribution in [1.82, 2.24) is 9.79 Å². The maximum Gasteiger partial charge on any atom is 0.274 e. The summed E-state index contributed by atoms with van der Waals surface area (Å²) in [6, 6.07) is 12.4. The molecule has 0 aliphatic heterocycles. The standard InChI is InChI=1S/C18H22N2O4S/c1-13-10-16(11-17(14(13)2)25(22,23)20(3)4)18(21)19-24-12-15-8-6-5-7-9-15/h5-11H,12H2,1-4H3,(H,19,21). The number of nitrogens with zero attached hydrogens (tertiary/aromatic N) is 1. The van der Waals surface area contributed by atoms with Gasteiger partial charge in [0.15, 0.2) is 0 Å². The topological polar surface area (TPSA) is 75.7 Å². The van der Waals surface area contributed by atoms with Crippen LogP contribution in [0.2, 0.25) is 0 Å². The van der Waals surface area contributed by atoms with Crippen molar-refractivity contribution in [2.45, 2.75) is 25.3 Å². The van der Waals surface area contributed by atoms with Crippen LogP contribution < -0.4 is 5.48 Å². The smallest absolute Gasteiger partial charge is 0.269 e. The highest BCUT2D eigenvalue weighted by atomic mass is 32.2. The zero-order valence-electron chi connectivity index (χ0n) is 14.7. The minimum absolute atomic E-state index is 0.116. The molecule has 0 heterocycles. The Bertz CT molecular complexity index is 862. The fourth-order valence-electron chi connectivity index (χ4n) is 2.24. The van der Waals surface area contributed by atoms with Gasteiger partial charge in [-0.3, -0.25) is 9.63 Å². The fourth-order valence-corrected chi connectivity index (χ4v) is 3.46. The third kappa shape index (κ3) is 4.45. The highest BCUT2D eigenvalue weighted by Gasteiger charge is 2.23. The molecule has 0 saturated heterocycles. The molecule has 0 saturated carbocycles. The molecule has 1 N–H and O–H groups in total. The van der Waals surface area contributed by atoms with E-state index in [1.165, 1.54) is 20.2 Å². The first-order chi connectivity index (χ1) is 11.7. The molecular weight excluding hydrogens is 340 g/mol. The molecule has 0 unspecified atom stereocenters. The van der Waals surface area contributed by atoms with E-state index in [4.69, 9.17) is 4.84 Å². The SMILES string of the molecule is Cc1cc(C(=O)NOCc2ccccc2)cc(S(=O)(=O)N(C)C)c1C. The largest absolute Gasteiger partial charge is 0.274 e. The quantitative estimate of drug-likeness (QED) is 0.801. The van der Waals surface area contributed by atoms with Crippen LogP contribution in [0.5, 0.6) is 0 Å². The van der Waals surface area contributed by atoms with E-state index in [0.717, 1.165) is 15.4 Å². The lowest BCUT2D eigenvalue weighted by molar-refractivity contribution is 0.0233. The van der Waals surface area contributed by atoms with Gasteiger partial charge in [-0.15, -0.1) is 0 Å². The Morgan fingerprint density at radius 2 is 1.76 bits per heavy atom. The van der Waals surface area contributed by atoms with Crippen LogP contribution in [0, 0.1) is 13.8 Å². The Kier molecular flexibility index (Phi) is 5.94. The number of sulfonamides is 1. The van der Waals surface area contributed by atoms with Crippen LogP contribution in [0.3, 0.4) is 0 Å². The summed E-state index contributed by atoms with van der Waals surface area (Å²) in [7, 11) is -0.721. The van der Waals surface area contributed by atoms with Crippen molar-refractivity contribution in [3.05, 3.63) is 64.7 Å². The second-order valence-electron chi connectivity index (χ2n) is 5.91. The average Bonchev–Trinajstić information content (AvgIpc) is 2.57. The highest BCUT2D eigenvalue weighted by Crippen LogP contribution is 2.23. The molecule has 6 nitrogen and oxygen atoms in total. The van der Waals surface area contributed by atoms with Crippen molar-refractivity contribution in [1.29, 1.82) is 0 Å². The number of nitrogens with one attached hydrogen (secondary N) is 1. The minimum Gasteiger partial charge on any atom is -0.269 e. The van der Waals surface area contributed by atoms with E-state index in [2.05, 4.69) is 5.48 Å². The van der Waals surface area contributed by atoms with Crippen LogP contribution in [0.1, 0.15) is 27.0 Å². The summed E-state index contributed by atoms with van der Waals surface area (Å²) < 4.78 is 26.0. The second kappa shape index (κ2) is 7.77. The molecule has 0 aliphatic carbocycles. The highest BCUT2D eigenvalue weighted by molar-refractivity contribution is 7.89. The molecule has 0 aliphatic rings. The van der Waals surface area contributed by atoms with Crippen molar-refractivity contribution in [2.24, 2.45) is 0 Å². The van der Waals surface area contributed by atoms with E-state index < -0.39 is 15.9 Å². The molecular formula is C18H22N2O4S. The number of hydrogen-bond donors (Lipinski definition) is 1. The molecule has 2 aromatic carbocycles. The molecule has 25 heavy (non-hydrogen) atoms. The van der Waals surface area contributed by atoms with Gasteiger partial charge in [-0.05, 0) is 42.7 Å². The maximum absolute atomic E-state index is 12.4. The van der Waals surface area contributed by atoms with Gasteiger partial charge in [0.25, 0.3) is 5.91 Å². The van der Waals surface area contributed by atoms with Crippen LogP contribution in [0.4, 0.5) is 0 Å². The summed E-state index contributed by atoms with van der Waals surface area (Å²) in [6.07, 6.45) is 0. The maximum atomic E-state index is 12.4. The normalized spacial score (nSPS) is 11.6. The van der Waals surface area contributed by atoms with Crippen molar-refractivity contribution < 1.29 is 18.0 Å². The van der Waals surface area contributed by atoms with Gasteiger partial charge < -0.3 is 0 Å². The third-order valence-corrected chi connectivity index (χ3v) is 5.83. The van der Waals surface area contributed by atoms with E-state index in [1.54, 1.807) is 19.9 Å². The molecule has 134 valence electrons. The number of carbonyl (C=O) groups is 1. The summed E-state index contributed by atoms with van der Waals surface area (Å²) in [5, 5.41) is 0. The molecule has 0 atom stereocenters. The van der Waals surface area contributed by atoms with Crippen molar-refractivity contribution in [3.63, 3.8) is 0 Å². The molecule has 0 spiro atoms. The van der Waals surface area contributed by atoms with Crippen LogP contribution in [-0.4, -0.2) is 32.7 Å². The Hall–Kier alpha value is -2.22. The number of aryl methyl sites for hydroxylation is 1. The lowest BCUT2D eigenvalue weighted by Crippen LogP contribution is -2.26. The first-order valence-corrected chi connectivity index (χ1v) is 9.17. The first kappa shape index (κ1) is 19.1. The summed E-state index contributed by atoms with van der Waals surface area (Å²) >= 11 is 0. The van der Waals surface area contributed by atoms with Crippen LogP contribution in [-0.2, 0) is 21.5 Å². The summed E-state index contributed by atoms with van der Waals surface area (Å²) in [4.78, 5) is 17.6. The lowest BCUT2D eigenvalue weighted by atomic mass is 10.1. The molecule has 2 rings (SSSR count). The van der Waals surface area contributed by atoms with Crippen molar-refractivity contribution in [2.75, 3.05) is 14.1 Å². The minimum atomic E-state index is -3.64. The third-order valence-electron chi connectivity index (χ3n) is 3.89. The predicted octanol–water partition coefficient (Wildman–Crippen LogP) is 2.42. The molecule has 7 heteroatoms. The Morgan fingerprint density at radius 1 is 1.12 bits per heavy atom.